The van der Waals surface area contributed by atoms with E-state index in [1.54, 1.807) is 0 Å². The molecule has 4 nitrogen and oxygen atoms in total. The minimum absolute atomic E-state index is 0.0266. The van der Waals surface area contributed by atoms with Crippen molar-refractivity contribution in [1.29, 1.82) is 0 Å². The number of hydrogen-bond donors (Lipinski definition) is 1. The Kier molecular flexibility index (Phi) is 8.18. The van der Waals surface area contributed by atoms with Gasteiger partial charge in [-0.1, -0.05) is 0 Å². The fourth-order valence-corrected chi connectivity index (χ4v) is 11.8. The monoisotopic (exact) mass is 536 g/mol. The van der Waals surface area contributed by atoms with E-state index >= 15 is 0 Å². The summed E-state index contributed by atoms with van der Waals surface area (Å²) in [5.41, 5.74) is 2.73. The van der Waals surface area contributed by atoms with Gasteiger partial charge in [0.15, 0.2) is 0 Å². The summed E-state index contributed by atoms with van der Waals surface area (Å²) in [7, 11) is 0. The molecule has 2 aromatic rings. The molecule has 0 saturated carbocycles. The van der Waals surface area contributed by atoms with E-state index in [1.165, 1.54) is 10.9 Å². The van der Waals surface area contributed by atoms with Gasteiger partial charge in [0.25, 0.3) is 0 Å². The van der Waals surface area contributed by atoms with Gasteiger partial charge < -0.3 is 0 Å². The molecule has 0 spiro atoms. The van der Waals surface area contributed by atoms with Crippen LogP contribution in [0.15, 0.2) is 60.7 Å². The molecule has 35 heavy (non-hydrogen) atoms. The van der Waals surface area contributed by atoms with Crippen LogP contribution in [-0.4, -0.2) is 62.6 Å². The summed E-state index contributed by atoms with van der Waals surface area (Å²) in [5.74, 6) is 0. The number of benzene rings is 2. The minimum atomic E-state index is -1.92. The Morgan fingerprint density at radius 1 is 0.686 bits per heavy atom. The molecule has 0 amide bonds. The van der Waals surface area contributed by atoms with E-state index in [0.29, 0.717) is 0 Å². The summed E-state index contributed by atoms with van der Waals surface area (Å²) in [5, 5.41) is 4.04. The fourth-order valence-electron chi connectivity index (χ4n) is 4.83. The van der Waals surface area contributed by atoms with E-state index < -0.39 is 15.3 Å². The summed E-state index contributed by atoms with van der Waals surface area (Å²) in [4.78, 5) is 0. The first-order valence-electron chi connectivity index (χ1n) is 13.0. The molecule has 1 heterocycles. The Bertz CT molecular complexity index is 937. The second-order valence-electron chi connectivity index (χ2n) is 13.8. The molecule has 1 saturated heterocycles. The predicted octanol–water partition coefficient (Wildman–Crippen LogP) is 4.47. The third-order valence-corrected chi connectivity index (χ3v) is 13.7. The zero-order chi connectivity index (χ0) is 26.4. The average Bonchev–Trinajstić information content (AvgIpc) is 2.66. The molecule has 2 aromatic carbocycles. The predicted molar refractivity (Wildman–Crippen MR) is 157 cm³/mol. The molecule has 0 radical (unpaired) electrons. The van der Waals surface area contributed by atoms with Gasteiger partial charge in [0, 0.05) is 0 Å². The van der Waals surface area contributed by atoms with Gasteiger partial charge in [0.2, 0.25) is 0 Å². The second-order valence-corrected chi connectivity index (χ2v) is 17.6. The van der Waals surface area contributed by atoms with Crippen LogP contribution in [0.4, 0.5) is 0 Å². The van der Waals surface area contributed by atoms with Gasteiger partial charge in [-0.25, -0.2) is 0 Å². The van der Waals surface area contributed by atoms with Crippen molar-refractivity contribution in [2.24, 2.45) is 0 Å². The molecule has 7 heteroatoms. The van der Waals surface area contributed by atoms with E-state index in [-0.39, 0.29) is 36.1 Å². The van der Waals surface area contributed by atoms with Crippen molar-refractivity contribution in [1.82, 2.24) is 16.4 Å². The Balaban J connectivity index is 2.24. The molecule has 0 aliphatic carbocycles. The molecule has 1 N–H and O–H groups in total. The Morgan fingerprint density at radius 2 is 1.11 bits per heavy atom. The van der Waals surface area contributed by atoms with Crippen molar-refractivity contribution in [2.75, 3.05) is 0 Å². The normalized spacial score (nSPS) is 17.1. The summed E-state index contributed by atoms with van der Waals surface area (Å²) in [6.07, 6.45) is 0. The molecule has 0 aromatic heterocycles. The van der Waals surface area contributed by atoms with Crippen LogP contribution >= 0.6 is 0 Å². The molecule has 190 valence electrons. The standard InChI is InChI=1S/C28H47AsB2N4/c1-25(2,3)32-30(23-19-15-13-16-20-23)33(26(4,5)6)29-34(27(7,8)9)31(35(29)28(10,11)12)24-21-17-14-18-22-24/h13-22,32H,1-12H3. The molecule has 1 fully saturated rings. The first-order chi connectivity index (χ1) is 15.9. The zero-order valence-electron chi connectivity index (χ0n) is 24.2. The molecule has 0 atom stereocenters. The third-order valence-electron chi connectivity index (χ3n) is 6.13. The Hall–Kier alpha value is -1.03. The van der Waals surface area contributed by atoms with Crippen molar-refractivity contribution in [2.45, 2.75) is 105 Å². The Morgan fingerprint density at radius 3 is 1.49 bits per heavy atom. The van der Waals surface area contributed by atoms with Crippen LogP contribution in [0.1, 0.15) is 83.1 Å². The number of nitrogens with one attached hydrogen (secondary N) is 1. The molecule has 1 aliphatic heterocycles. The van der Waals surface area contributed by atoms with Crippen LogP contribution in [-0.2, 0) is 0 Å². The zero-order valence-corrected chi connectivity index (χ0v) is 26.1. The summed E-state index contributed by atoms with van der Waals surface area (Å²) in [6.45, 7) is 28.7. The third kappa shape index (κ3) is 6.46. The molecule has 1 aliphatic rings. The van der Waals surface area contributed by atoms with Crippen molar-refractivity contribution in [3.8, 4) is 0 Å². The number of hydrogen-bond acceptors (Lipinski definition) is 4. The average molecular weight is 536 g/mol. The van der Waals surface area contributed by atoms with Gasteiger partial charge in [-0.3, -0.25) is 0 Å². The van der Waals surface area contributed by atoms with E-state index in [9.17, 15) is 0 Å². The van der Waals surface area contributed by atoms with E-state index in [2.05, 4.69) is 160 Å². The SMILES string of the molecule is CC(C)(C)NB(c1ccccc1)N([As]1N(C(C)(C)C)B(c2ccccc2)N1C(C)(C)C)C(C)(C)C. The second kappa shape index (κ2) is 10.0. The van der Waals surface area contributed by atoms with Crippen LogP contribution in [0.5, 0.6) is 0 Å². The van der Waals surface area contributed by atoms with Crippen LogP contribution in [0.2, 0.25) is 0 Å². The number of rotatable bonds is 5. The van der Waals surface area contributed by atoms with Crippen LogP contribution in [0.3, 0.4) is 0 Å². The van der Waals surface area contributed by atoms with Gasteiger partial charge in [-0.15, -0.1) is 0 Å². The molecular formula is C28H47AsB2N4. The topological polar surface area (TPSA) is 21.8 Å². The molecular weight excluding hydrogens is 489 g/mol. The first-order valence-corrected chi connectivity index (χ1v) is 15.5. The van der Waals surface area contributed by atoms with Crippen molar-refractivity contribution < 1.29 is 0 Å². The van der Waals surface area contributed by atoms with Gasteiger partial charge in [0.1, 0.15) is 0 Å². The van der Waals surface area contributed by atoms with E-state index in [0.717, 1.165) is 0 Å². The van der Waals surface area contributed by atoms with Gasteiger partial charge in [-0.05, 0) is 0 Å². The summed E-state index contributed by atoms with van der Waals surface area (Å²) < 4.78 is 8.55. The van der Waals surface area contributed by atoms with Crippen molar-refractivity contribution in [3.05, 3.63) is 60.7 Å². The maximum atomic E-state index is 4.04. The van der Waals surface area contributed by atoms with Gasteiger partial charge in [0.05, 0.1) is 0 Å². The van der Waals surface area contributed by atoms with Crippen LogP contribution < -0.4 is 16.2 Å². The van der Waals surface area contributed by atoms with Gasteiger partial charge >= 0.3 is 223 Å². The quantitative estimate of drug-likeness (QED) is 0.570. The van der Waals surface area contributed by atoms with Crippen LogP contribution in [0.25, 0.3) is 0 Å². The fraction of sp³-hybridized carbons (Fsp3) is 0.571. The summed E-state index contributed by atoms with van der Waals surface area (Å²) in [6, 6.07) is 22.1. The molecule has 3 rings (SSSR count). The van der Waals surface area contributed by atoms with Crippen molar-refractivity contribution >= 4 is 40.2 Å². The van der Waals surface area contributed by atoms with E-state index in [1.807, 2.05) is 0 Å². The van der Waals surface area contributed by atoms with Crippen molar-refractivity contribution in [3.63, 3.8) is 0 Å². The molecule has 0 bridgehead atoms. The Labute approximate surface area is 222 Å². The first kappa shape index (κ1) is 28.5. The van der Waals surface area contributed by atoms with E-state index in [4.69, 9.17) is 0 Å². The van der Waals surface area contributed by atoms with Crippen LogP contribution in [0, 0.1) is 0 Å². The van der Waals surface area contributed by atoms with Gasteiger partial charge in [-0.2, -0.15) is 0 Å². The molecule has 0 unspecified atom stereocenters. The summed E-state index contributed by atoms with van der Waals surface area (Å²) >= 11 is -1.92. The number of nitrogens with zero attached hydrogens (tertiary/aromatic N) is 3. The maximum absolute atomic E-state index is 4.04.